The highest BCUT2D eigenvalue weighted by atomic mass is 19.4. The van der Waals surface area contributed by atoms with Crippen LogP contribution in [0.1, 0.15) is 69.9 Å². The van der Waals surface area contributed by atoms with Gasteiger partial charge in [0.25, 0.3) is 0 Å². The summed E-state index contributed by atoms with van der Waals surface area (Å²) in [7, 11) is 1.73. The van der Waals surface area contributed by atoms with Crippen LogP contribution in [0.15, 0.2) is 30.3 Å². The van der Waals surface area contributed by atoms with Gasteiger partial charge in [-0.3, -0.25) is 4.79 Å². The van der Waals surface area contributed by atoms with Crippen LogP contribution < -0.4 is 5.32 Å². The van der Waals surface area contributed by atoms with E-state index in [4.69, 9.17) is 9.47 Å². The Morgan fingerprint density at radius 3 is 2.53 bits per heavy atom. The summed E-state index contributed by atoms with van der Waals surface area (Å²) in [5.74, 6) is 0.0779. The van der Waals surface area contributed by atoms with E-state index >= 15 is 0 Å². The standard InChI is InChI=1S/C25H33F3N2O3.C3H8/c1-32-23-11-15-33-14-10-22(23)29-19-7-6-18(16-19)24(31)30-12-8-17(9-13-30)20-4-2-3-5-21(20)25(26,27)28;1-3-2/h2-5,8,18-19,22-23,29H,6-7,9-16H2,1H3;3H2,1-2H3. The fourth-order valence-corrected chi connectivity index (χ4v) is 5.41. The van der Waals surface area contributed by atoms with Crippen LogP contribution in [-0.4, -0.2) is 62.4 Å². The maximum Gasteiger partial charge on any atom is 0.416 e. The van der Waals surface area contributed by atoms with E-state index in [1.165, 1.54) is 18.6 Å². The van der Waals surface area contributed by atoms with Gasteiger partial charge in [0.1, 0.15) is 0 Å². The number of hydrogen-bond donors (Lipinski definition) is 1. The lowest BCUT2D eigenvalue weighted by Gasteiger charge is -2.30. The van der Waals surface area contributed by atoms with Gasteiger partial charge in [0.2, 0.25) is 5.91 Å². The molecule has 0 radical (unpaired) electrons. The third-order valence-corrected chi connectivity index (χ3v) is 7.20. The van der Waals surface area contributed by atoms with Crippen molar-refractivity contribution in [3.63, 3.8) is 0 Å². The lowest BCUT2D eigenvalue weighted by atomic mass is 9.94. The molecule has 2 aliphatic heterocycles. The second kappa shape index (κ2) is 13.6. The number of nitrogens with zero attached hydrogens (tertiary/aromatic N) is 1. The molecule has 4 atom stereocenters. The Morgan fingerprint density at radius 2 is 1.86 bits per heavy atom. The summed E-state index contributed by atoms with van der Waals surface area (Å²) in [4.78, 5) is 14.9. The molecular weight excluding hydrogens is 469 g/mol. The Kier molecular flexibility index (Phi) is 10.8. The highest BCUT2D eigenvalue weighted by molar-refractivity contribution is 5.81. The Labute approximate surface area is 213 Å². The van der Waals surface area contributed by atoms with Crippen molar-refractivity contribution in [1.82, 2.24) is 10.2 Å². The summed E-state index contributed by atoms with van der Waals surface area (Å²) < 4.78 is 51.3. The van der Waals surface area contributed by atoms with Crippen LogP contribution in [0.4, 0.5) is 13.2 Å². The van der Waals surface area contributed by atoms with E-state index < -0.39 is 11.7 Å². The molecule has 0 aromatic heterocycles. The van der Waals surface area contributed by atoms with E-state index in [1.54, 1.807) is 24.2 Å². The molecule has 8 heteroatoms. The van der Waals surface area contributed by atoms with Gasteiger partial charge < -0.3 is 19.7 Å². The summed E-state index contributed by atoms with van der Waals surface area (Å²) in [6, 6.07) is 6.18. The predicted octanol–water partition coefficient (Wildman–Crippen LogP) is 5.69. The maximum absolute atomic E-state index is 13.4. The first-order valence-corrected chi connectivity index (χ1v) is 13.3. The average Bonchev–Trinajstić information content (AvgIpc) is 3.22. The second-order valence-electron chi connectivity index (χ2n) is 9.96. The van der Waals surface area contributed by atoms with Gasteiger partial charge in [-0.25, -0.2) is 0 Å². The molecule has 202 valence electrons. The molecule has 1 aliphatic carbocycles. The monoisotopic (exact) mass is 510 g/mol. The normalized spacial score (nSPS) is 27.1. The van der Waals surface area contributed by atoms with Gasteiger partial charge in [0.05, 0.1) is 11.7 Å². The molecule has 4 rings (SSSR count). The third kappa shape index (κ3) is 7.56. The highest BCUT2D eigenvalue weighted by Crippen LogP contribution is 2.37. The van der Waals surface area contributed by atoms with Crippen molar-refractivity contribution < 1.29 is 27.4 Å². The van der Waals surface area contributed by atoms with Crippen LogP contribution in [0, 0.1) is 5.92 Å². The Bertz CT molecular complexity index is 874. The van der Waals surface area contributed by atoms with Gasteiger partial charge in [-0.2, -0.15) is 13.2 Å². The fraction of sp³-hybridized carbons (Fsp3) is 0.679. The number of rotatable bonds is 5. The number of carbonyl (C=O) groups is 1. The molecule has 1 N–H and O–H groups in total. The van der Waals surface area contributed by atoms with Gasteiger partial charge >= 0.3 is 6.18 Å². The number of hydrogen-bond acceptors (Lipinski definition) is 4. The van der Waals surface area contributed by atoms with Crippen LogP contribution in [0.2, 0.25) is 0 Å². The molecular formula is C28H41F3N2O3. The first-order chi connectivity index (χ1) is 17.3. The van der Waals surface area contributed by atoms with E-state index in [0.29, 0.717) is 38.3 Å². The van der Waals surface area contributed by atoms with Crippen LogP contribution in [-0.2, 0) is 20.4 Å². The summed E-state index contributed by atoms with van der Waals surface area (Å²) in [5, 5.41) is 3.70. The predicted molar refractivity (Wildman–Crippen MR) is 135 cm³/mol. The van der Waals surface area contributed by atoms with E-state index in [0.717, 1.165) is 38.2 Å². The summed E-state index contributed by atoms with van der Waals surface area (Å²) in [6.45, 7) is 6.49. The molecule has 0 bridgehead atoms. The number of alkyl halides is 3. The zero-order chi connectivity index (χ0) is 26.1. The third-order valence-electron chi connectivity index (χ3n) is 7.20. The van der Waals surface area contributed by atoms with Crippen molar-refractivity contribution in [2.24, 2.45) is 5.92 Å². The number of halogens is 3. The van der Waals surface area contributed by atoms with Gasteiger partial charge in [-0.1, -0.05) is 44.5 Å². The molecule has 2 heterocycles. The van der Waals surface area contributed by atoms with E-state index in [1.807, 2.05) is 0 Å². The quantitative estimate of drug-likeness (QED) is 0.553. The largest absolute Gasteiger partial charge is 0.416 e. The van der Waals surface area contributed by atoms with Crippen molar-refractivity contribution in [2.45, 2.75) is 83.2 Å². The minimum atomic E-state index is -4.39. The molecule has 0 spiro atoms. The summed E-state index contributed by atoms with van der Waals surface area (Å²) in [5.41, 5.74) is 0.278. The lowest BCUT2D eigenvalue weighted by molar-refractivity contribution is -0.138. The van der Waals surface area contributed by atoms with E-state index in [-0.39, 0.29) is 35.6 Å². The van der Waals surface area contributed by atoms with Gasteiger partial charge in [0.15, 0.2) is 0 Å². The van der Waals surface area contributed by atoms with Gasteiger partial charge in [-0.15, -0.1) is 0 Å². The fourth-order valence-electron chi connectivity index (χ4n) is 5.41. The highest BCUT2D eigenvalue weighted by Gasteiger charge is 2.37. The molecule has 1 amide bonds. The zero-order valence-electron chi connectivity index (χ0n) is 21.8. The van der Waals surface area contributed by atoms with Crippen LogP contribution >= 0.6 is 0 Å². The molecule has 5 nitrogen and oxygen atoms in total. The molecule has 3 aliphatic rings. The van der Waals surface area contributed by atoms with Gasteiger partial charge in [0, 0.05) is 51.4 Å². The van der Waals surface area contributed by atoms with Crippen LogP contribution in [0.5, 0.6) is 0 Å². The lowest BCUT2D eigenvalue weighted by Crippen LogP contribution is -2.46. The molecule has 1 aromatic rings. The van der Waals surface area contributed by atoms with Crippen molar-refractivity contribution >= 4 is 11.5 Å². The Hall–Kier alpha value is -1.90. The average molecular weight is 511 g/mol. The van der Waals surface area contributed by atoms with Crippen LogP contribution in [0.25, 0.3) is 5.57 Å². The minimum absolute atomic E-state index is 0.0389. The number of amides is 1. The van der Waals surface area contributed by atoms with Crippen molar-refractivity contribution in [2.75, 3.05) is 33.4 Å². The first-order valence-electron chi connectivity index (χ1n) is 13.3. The molecule has 1 aromatic carbocycles. The van der Waals surface area contributed by atoms with Crippen molar-refractivity contribution in [3.05, 3.63) is 41.5 Å². The number of carbonyl (C=O) groups excluding carboxylic acids is 1. The van der Waals surface area contributed by atoms with Crippen molar-refractivity contribution in [3.8, 4) is 0 Å². The molecule has 2 fully saturated rings. The number of ether oxygens (including phenoxy) is 2. The van der Waals surface area contributed by atoms with E-state index in [2.05, 4.69) is 19.2 Å². The van der Waals surface area contributed by atoms with Crippen LogP contribution in [0.3, 0.4) is 0 Å². The number of nitrogens with one attached hydrogen (secondary N) is 1. The molecule has 4 unspecified atom stereocenters. The second-order valence-corrected chi connectivity index (χ2v) is 9.96. The van der Waals surface area contributed by atoms with E-state index in [9.17, 15) is 18.0 Å². The maximum atomic E-state index is 13.4. The SMILES string of the molecule is CCC.COC1CCOCCC1NC1CCC(C(=O)N2CC=C(c3ccccc3C(F)(F)F)CC2)C1. The summed E-state index contributed by atoms with van der Waals surface area (Å²) in [6.07, 6.45) is 3.52. The van der Waals surface area contributed by atoms with Crippen molar-refractivity contribution in [1.29, 1.82) is 0 Å². The first kappa shape index (κ1) is 28.7. The Balaban J connectivity index is 0.00000115. The Morgan fingerprint density at radius 1 is 1.14 bits per heavy atom. The zero-order valence-corrected chi connectivity index (χ0v) is 21.8. The number of methoxy groups -OCH3 is 1. The summed E-state index contributed by atoms with van der Waals surface area (Å²) >= 11 is 0. The number of benzene rings is 1. The molecule has 36 heavy (non-hydrogen) atoms. The smallest absolute Gasteiger partial charge is 0.381 e. The molecule has 1 saturated heterocycles. The topological polar surface area (TPSA) is 50.8 Å². The van der Waals surface area contributed by atoms with Gasteiger partial charge in [-0.05, 0) is 55.7 Å². The molecule has 1 saturated carbocycles. The minimum Gasteiger partial charge on any atom is -0.381 e.